The van der Waals surface area contributed by atoms with Gasteiger partial charge in [-0.1, -0.05) is 23.7 Å². The lowest BCUT2D eigenvalue weighted by molar-refractivity contribution is -0.116. The third kappa shape index (κ3) is 6.64. The molecule has 34 heavy (non-hydrogen) atoms. The lowest BCUT2D eigenvalue weighted by atomic mass is 10.0. The average molecular weight is 493 g/mol. The number of anilines is 1. The lowest BCUT2D eigenvalue weighted by Crippen LogP contribution is -2.27. The van der Waals surface area contributed by atoms with Crippen molar-refractivity contribution in [2.24, 2.45) is 0 Å². The highest BCUT2D eigenvalue weighted by Gasteiger charge is 2.15. The van der Waals surface area contributed by atoms with E-state index in [0.717, 1.165) is 12.1 Å². The second-order valence-electron chi connectivity index (χ2n) is 7.00. The molecule has 0 bridgehead atoms. The second kappa shape index (κ2) is 11.4. The number of halogens is 4. The van der Waals surface area contributed by atoms with E-state index in [1.807, 2.05) is 0 Å². The molecule has 0 saturated heterocycles. The first-order valence-corrected chi connectivity index (χ1v) is 10.4. The fourth-order valence-corrected chi connectivity index (χ4v) is 3.34. The number of rotatable bonds is 9. The van der Waals surface area contributed by atoms with Gasteiger partial charge < -0.3 is 20.1 Å². The molecule has 0 aromatic heterocycles. The van der Waals surface area contributed by atoms with Gasteiger partial charge in [-0.3, -0.25) is 9.59 Å². The minimum atomic E-state index is -3.02. The number of ether oxygens (including phenoxy) is 2. The Balaban J connectivity index is 1.65. The normalized spacial score (nSPS) is 10.6. The molecule has 0 aliphatic carbocycles. The molecule has 2 N–H and O–H groups in total. The van der Waals surface area contributed by atoms with Crippen LogP contribution in [0.15, 0.2) is 60.7 Å². The van der Waals surface area contributed by atoms with Gasteiger partial charge in [-0.2, -0.15) is 8.78 Å². The molecular weight excluding hydrogens is 473 g/mol. The predicted octanol–water partition coefficient (Wildman–Crippen LogP) is 5.51. The summed E-state index contributed by atoms with van der Waals surface area (Å²) in [7, 11) is 1.51. The van der Waals surface area contributed by atoms with E-state index in [0.29, 0.717) is 22.6 Å². The van der Waals surface area contributed by atoms with Crippen molar-refractivity contribution in [1.29, 1.82) is 0 Å². The van der Waals surface area contributed by atoms with Gasteiger partial charge in [0.05, 0.1) is 17.7 Å². The zero-order valence-corrected chi connectivity index (χ0v) is 18.7. The number of hydrogen-bond donors (Lipinski definition) is 2. The highest BCUT2D eigenvalue weighted by molar-refractivity contribution is 6.33. The molecule has 6 nitrogen and oxygen atoms in total. The van der Waals surface area contributed by atoms with Crippen molar-refractivity contribution in [3.8, 4) is 22.6 Å². The van der Waals surface area contributed by atoms with Crippen LogP contribution in [-0.4, -0.2) is 32.1 Å². The van der Waals surface area contributed by atoms with E-state index >= 15 is 0 Å². The van der Waals surface area contributed by atoms with E-state index in [2.05, 4.69) is 15.4 Å². The van der Waals surface area contributed by atoms with Gasteiger partial charge in [0.15, 0.2) is 0 Å². The first-order valence-electron chi connectivity index (χ1n) is 10.0. The maximum Gasteiger partial charge on any atom is 0.387 e. The van der Waals surface area contributed by atoms with Gasteiger partial charge in [0.1, 0.15) is 17.3 Å². The first-order chi connectivity index (χ1) is 16.3. The number of carbonyl (C=O) groups excluding carboxylic acids is 2. The molecule has 3 rings (SSSR count). The van der Waals surface area contributed by atoms with Crippen LogP contribution in [0.4, 0.5) is 18.9 Å². The highest BCUT2D eigenvalue weighted by Crippen LogP contribution is 2.34. The lowest BCUT2D eigenvalue weighted by Gasteiger charge is -2.14. The number of carbonyl (C=O) groups is 2. The van der Waals surface area contributed by atoms with Gasteiger partial charge in [0.2, 0.25) is 5.91 Å². The number of nitrogens with one attached hydrogen (secondary N) is 2. The zero-order valence-electron chi connectivity index (χ0n) is 17.9. The molecule has 0 radical (unpaired) electrons. The molecule has 178 valence electrons. The van der Waals surface area contributed by atoms with Crippen molar-refractivity contribution in [2.75, 3.05) is 19.0 Å². The van der Waals surface area contributed by atoms with Gasteiger partial charge in [0.25, 0.3) is 5.91 Å². The molecule has 0 atom stereocenters. The van der Waals surface area contributed by atoms with Gasteiger partial charge in [-0.05, 0) is 54.1 Å². The molecule has 10 heteroatoms. The molecule has 0 aliphatic heterocycles. The highest BCUT2D eigenvalue weighted by atomic mass is 35.5. The summed E-state index contributed by atoms with van der Waals surface area (Å²) in [6, 6.07) is 14.3. The Bertz CT molecular complexity index is 1170. The Kier molecular flexibility index (Phi) is 8.37. The van der Waals surface area contributed by atoms with Crippen LogP contribution < -0.4 is 20.1 Å². The maximum atomic E-state index is 13.1. The zero-order chi connectivity index (χ0) is 24.7. The van der Waals surface area contributed by atoms with E-state index < -0.39 is 24.2 Å². The Morgan fingerprint density at radius 1 is 1.03 bits per heavy atom. The summed E-state index contributed by atoms with van der Waals surface area (Å²) in [4.78, 5) is 24.5. The monoisotopic (exact) mass is 492 g/mol. The van der Waals surface area contributed by atoms with Crippen LogP contribution in [0.5, 0.6) is 11.5 Å². The van der Waals surface area contributed by atoms with Crippen LogP contribution in [0.1, 0.15) is 16.8 Å². The standard InChI is InChI=1S/C24H20ClF3N2O4/c1-33-17-6-2-14(3-7-17)19-13-16(5-9-21(19)34-24(27)28)30-22(31)10-11-29-23(32)18-8-4-15(26)12-20(18)25/h2-9,12-13,24H,10-11H2,1H3,(H,29,32)(H,30,31). The predicted molar refractivity (Wildman–Crippen MR) is 122 cm³/mol. The molecule has 0 aliphatic rings. The Morgan fingerprint density at radius 2 is 1.76 bits per heavy atom. The number of alkyl halides is 2. The Labute approximate surface area is 198 Å². The summed E-state index contributed by atoms with van der Waals surface area (Å²) in [5, 5.41) is 5.14. The van der Waals surface area contributed by atoms with Crippen molar-refractivity contribution in [1.82, 2.24) is 5.32 Å². The van der Waals surface area contributed by atoms with Gasteiger partial charge in [-0.15, -0.1) is 0 Å². The van der Waals surface area contributed by atoms with Gasteiger partial charge in [-0.25, -0.2) is 4.39 Å². The third-order valence-electron chi connectivity index (χ3n) is 4.69. The maximum absolute atomic E-state index is 13.1. The van der Waals surface area contributed by atoms with Crippen LogP contribution in [-0.2, 0) is 4.79 Å². The number of amides is 2. The van der Waals surface area contributed by atoms with Crippen molar-refractivity contribution in [3.63, 3.8) is 0 Å². The van der Waals surface area contributed by atoms with Crippen LogP contribution >= 0.6 is 11.6 Å². The molecule has 3 aromatic carbocycles. The topological polar surface area (TPSA) is 76.7 Å². The van der Waals surface area contributed by atoms with Crippen LogP contribution in [0.3, 0.4) is 0 Å². The van der Waals surface area contributed by atoms with E-state index in [1.54, 1.807) is 24.3 Å². The fraction of sp³-hybridized carbons (Fsp3) is 0.167. The second-order valence-corrected chi connectivity index (χ2v) is 7.40. The molecule has 0 unspecified atom stereocenters. The quantitative estimate of drug-likeness (QED) is 0.412. The average Bonchev–Trinajstić information content (AvgIpc) is 2.79. The smallest absolute Gasteiger partial charge is 0.387 e. The van der Waals surface area contributed by atoms with Crippen LogP contribution in [0.25, 0.3) is 11.1 Å². The van der Waals surface area contributed by atoms with Crippen molar-refractivity contribution >= 4 is 29.1 Å². The van der Waals surface area contributed by atoms with Crippen LogP contribution in [0.2, 0.25) is 5.02 Å². The number of methoxy groups -OCH3 is 1. The third-order valence-corrected chi connectivity index (χ3v) is 5.01. The fourth-order valence-electron chi connectivity index (χ4n) is 3.08. The summed E-state index contributed by atoms with van der Waals surface area (Å²) in [6.45, 7) is -3.02. The number of hydrogen-bond acceptors (Lipinski definition) is 4. The molecule has 0 spiro atoms. The Morgan fingerprint density at radius 3 is 2.41 bits per heavy atom. The van der Waals surface area contributed by atoms with Crippen molar-refractivity contribution in [2.45, 2.75) is 13.0 Å². The molecule has 2 amide bonds. The number of benzene rings is 3. The van der Waals surface area contributed by atoms with Crippen molar-refractivity contribution < 1.29 is 32.2 Å². The van der Waals surface area contributed by atoms with E-state index in [9.17, 15) is 22.8 Å². The SMILES string of the molecule is COc1ccc(-c2cc(NC(=O)CCNC(=O)c3ccc(F)cc3Cl)ccc2OC(F)F)cc1. The summed E-state index contributed by atoms with van der Waals surface area (Å²) >= 11 is 5.86. The first kappa shape index (κ1) is 24.9. The van der Waals surface area contributed by atoms with Gasteiger partial charge >= 0.3 is 6.61 Å². The molecule has 3 aromatic rings. The minimum Gasteiger partial charge on any atom is -0.497 e. The summed E-state index contributed by atoms with van der Waals surface area (Å²) in [6.07, 6.45) is -0.0717. The van der Waals surface area contributed by atoms with E-state index in [1.165, 1.54) is 31.4 Å². The van der Waals surface area contributed by atoms with E-state index in [4.69, 9.17) is 16.3 Å². The largest absolute Gasteiger partial charge is 0.497 e. The van der Waals surface area contributed by atoms with Crippen LogP contribution in [0, 0.1) is 5.82 Å². The molecule has 0 heterocycles. The summed E-state index contributed by atoms with van der Waals surface area (Å²) in [5.41, 5.74) is 1.36. The molecule has 0 fully saturated rings. The minimum absolute atomic E-state index is 0.00368. The summed E-state index contributed by atoms with van der Waals surface area (Å²) in [5.74, 6) is -1.00. The van der Waals surface area contributed by atoms with Gasteiger partial charge in [0, 0.05) is 24.2 Å². The van der Waals surface area contributed by atoms with E-state index in [-0.39, 0.29) is 29.3 Å². The summed E-state index contributed by atoms with van der Waals surface area (Å²) < 4.78 is 48.5. The van der Waals surface area contributed by atoms with Crippen molar-refractivity contribution in [3.05, 3.63) is 77.1 Å². The Hall–Kier alpha value is -3.72. The molecular formula is C24H20ClF3N2O4. The molecule has 0 saturated carbocycles.